The maximum absolute atomic E-state index is 13.1. The molecule has 2 heterocycles. The Bertz CT molecular complexity index is 734. The summed E-state index contributed by atoms with van der Waals surface area (Å²) in [6, 6.07) is 9.85. The third kappa shape index (κ3) is 2.78. The highest BCUT2D eigenvalue weighted by molar-refractivity contribution is 5.97. The van der Waals surface area contributed by atoms with E-state index in [9.17, 15) is 4.79 Å². The molecule has 1 amide bonds. The van der Waals surface area contributed by atoms with Crippen LogP contribution in [0.5, 0.6) is 0 Å². The van der Waals surface area contributed by atoms with Gasteiger partial charge >= 0.3 is 0 Å². The molecule has 1 N–H and O–H groups in total. The van der Waals surface area contributed by atoms with E-state index in [0.29, 0.717) is 13.2 Å². The quantitative estimate of drug-likeness (QED) is 0.938. The lowest BCUT2D eigenvalue weighted by Gasteiger charge is -2.38. The van der Waals surface area contributed by atoms with Gasteiger partial charge in [-0.1, -0.05) is 37.5 Å². The summed E-state index contributed by atoms with van der Waals surface area (Å²) >= 11 is 0. The van der Waals surface area contributed by atoms with E-state index in [0.717, 1.165) is 42.3 Å². The van der Waals surface area contributed by atoms with Crippen LogP contribution in [0.25, 0.3) is 10.9 Å². The van der Waals surface area contributed by atoms with Crippen LogP contribution in [-0.4, -0.2) is 30.4 Å². The molecule has 1 saturated carbocycles. The molecule has 24 heavy (non-hydrogen) atoms. The predicted molar refractivity (Wildman–Crippen MR) is 91.6 cm³/mol. The molecule has 1 aromatic carbocycles. The Morgan fingerprint density at radius 3 is 2.67 bits per heavy atom. The number of amides is 1. The number of ether oxygens (including phenoxy) is 2. The average molecular weight is 326 g/mol. The number of pyridine rings is 1. The average Bonchev–Trinajstić information content (AvgIpc) is 3.17. The number of hydrogen-bond acceptors (Lipinski definition) is 4. The van der Waals surface area contributed by atoms with Crippen molar-refractivity contribution < 1.29 is 14.3 Å². The summed E-state index contributed by atoms with van der Waals surface area (Å²) in [5, 5.41) is 4.08. The number of nitrogens with zero attached hydrogens (tertiary/aromatic N) is 1. The molecule has 2 fully saturated rings. The van der Waals surface area contributed by atoms with Crippen molar-refractivity contribution in [3.8, 4) is 0 Å². The van der Waals surface area contributed by atoms with Gasteiger partial charge < -0.3 is 14.8 Å². The standard InChI is InChI=1S/C19H22N2O3/c22-17(19(8-4-1-5-9-19)18-23-10-11-24-18)21-15-12-14-6-2-3-7-16(14)20-13-15/h2-3,6-7,12-13,18H,1,4-5,8-11H2,(H,21,22). The highest BCUT2D eigenvalue weighted by Crippen LogP contribution is 2.43. The van der Waals surface area contributed by atoms with E-state index in [1.54, 1.807) is 6.20 Å². The van der Waals surface area contributed by atoms with E-state index < -0.39 is 11.7 Å². The van der Waals surface area contributed by atoms with Gasteiger partial charge in [-0.15, -0.1) is 0 Å². The Labute approximate surface area is 141 Å². The van der Waals surface area contributed by atoms with Gasteiger partial charge in [-0.05, 0) is 25.0 Å². The number of rotatable bonds is 3. The molecule has 5 heteroatoms. The minimum atomic E-state index is -0.583. The van der Waals surface area contributed by atoms with Crippen molar-refractivity contribution in [2.75, 3.05) is 18.5 Å². The lowest BCUT2D eigenvalue weighted by molar-refractivity contribution is -0.166. The Morgan fingerprint density at radius 2 is 1.88 bits per heavy atom. The number of carbonyl (C=O) groups excluding carboxylic acids is 1. The highest BCUT2D eigenvalue weighted by Gasteiger charge is 2.49. The van der Waals surface area contributed by atoms with Gasteiger partial charge in [-0.2, -0.15) is 0 Å². The number of nitrogens with one attached hydrogen (secondary N) is 1. The fourth-order valence-corrected chi connectivity index (χ4v) is 3.82. The molecule has 1 aromatic heterocycles. The van der Waals surface area contributed by atoms with Gasteiger partial charge in [0.15, 0.2) is 6.29 Å². The molecule has 5 nitrogen and oxygen atoms in total. The van der Waals surface area contributed by atoms with Crippen LogP contribution in [0.15, 0.2) is 36.5 Å². The van der Waals surface area contributed by atoms with E-state index in [-0.39, 0.29) is 5.91 Å². The summed E-state index contributed by atoms with van der Waals surface area (Å²) in [5.74, 6) is -0.00817. The molecule has 2 aromatic rings. The van der Waals surface area contributed by atoms with Crippen molar-refractivity contribution in [2.24, 2.45) is 5.41 Å². The second-order valence-electron chi connectivity index (χ2n) is 6.66. The Hall–Kier alpha value is -1.98. The number of anilines is 1. The number of benzene rings is 1. The summed E-state index contributed by atoms with van der Waals surface area (Å²) in [4.78, 5) is 17.5. The first-order valence-electron chi connectivity index (χ1n) is 8.67. The van der Waals surface area contributed by atoms with Crippen molar-refractivity contribution in [3.05, 3.63) is 36.5 Å². The summed E-state index contributed by atoms with van der Waals surface area (Å²) in [6.07, 6.45) is 6.15. The Kier molecular flexibility index (Phi) is 4.21. The zero-order valence-electron chi connectivity index (χ0n) is 13.7. The number of carbonyl (C=O) groups is 1. The first kappa shape index (κ1) is 15.5. The molecule has 0 atom stereocenters. The van der Waals surface area contributed by atoms with Gasteiger partial charge in [0, 0.05) is 5.39 Å². The van der Waals surface area contributed by atoms with Gasteiger partial charge in [-0.25, -0.2) is 0 Å². The second-order valence-corrected chi connectivity index (χ2v) is 6.66. The molecular weight excluding hydrogens is 304 g/mol. The highest BCUT2D eigenvalue weighted by atomic mass is 16.7. The lowest BCUT2D eigenvalue weighted by Crippen LogP contribution is -2.47. The van der Waals surface area contributed by atoms with Crippen molar-refractivity contribution in [3.63, 3.8) is 0 Å². The van der Waals surface area contributed by atoms with Crippen LogP contribution < -0.4 is 5.32 Å². The van der Waals surface area contributed by atoms with Gasteiger partial charge in [0.1, 0.15) is 5.41 Å². The fourth-order valence-electron chi connectivity index (χ4n) is 3.82. The molecule has 126 valence electrons. The van der Waals surface area contributed by atoms with E-state index in [1.165, 1.54) is 6.42 Å². The topological polar surface area (TPSA) is 60.5 Å². The molecule has 1 aliphatic heterocycles. The molecule has 2 aliphatic rings. The van der Waals surface area contributed by atoms with Crippen molar-refractivity contribution in [2.45, 2.75) is 38.4 Å². The first-order chi connectivity index (χ1) is 11.8. The summed E-state index contributed by atoms with van der Waals surface area (Å²) in [6.45, 7) is 1.13. The van der Waals surface area contributed by atoms with E-state index in [4.69, 9.17) is 9.47 Å². The van der Waals surface area contributed by atoms with Crippen molar-refractivity contribution in [1.29, 1.82) is 0 Å². The maximum Gasteiger partial charge on any atom is 0.235 e. The lowest BCUT2D eigenvalue weighted by atomic mass is 9.72. The van der Waals surface area contributed by atoms with Crippen LogP contribution in [0.3, 0.4) is 0 Å². The molecule has 1 aliphatic carbocycles. The van der Waals surface area contributed by atoms with Gasteiger partial charge in [-0.3, -0.25) is 9.78 Å². The maximum atomic E-state index is 13.1. The van der Waals surface area contributed by atoms with Crippen LogP contribution in [-0.2, 0) is 14.3 Å². The molecule has 0 unspecified atom stereocenters. The molecule has 0 bridgehead atoms. The van der Waals surface area contributed by atoms with Crippen LogP contribution >= 0.6 is 0 Å². The van der Waals surface area contributed by atoms with E-state index >= 15 is 0 Å². The second kappa shape index (κ2) is 6.49. The van der Waals surface area contributed by atoms with E-state index in [2.05, 4.69) is 10.3 Å². The van der Waals surface area contributed by atoms with Crippen LogP contribution in [0.1, 0.15) is 32.1 Å². The summed E-state index contributed by atoms with van der Waals surface area (Å²) < 4.78 is 11.5. The molecular formula is C19H22N2O3. The summed E-state index contributed by atoms with van der Waals surface area (Å²) in [7, 11) is 0. The first-order valence-corrected chi connectivity index (χ1v) is 8.67. The van der Waals surface area contributed by atoms with Crippen molar-refractivity contribution in [1.82, 2.24) is 4.98 Å². The van der Waals surface area contributed by atoms with Gasteiger partial charge in [0.25, 0.3) is 0 Å². The van der Waals surface area contributed by atoms with Crippen LogP contribution in [0, 0.1) is 5.41 Å². The normalized spacial score (nSPS) is 21.0. The van der Waals surface area contributed by atoms with Gasteiger partial charge in [0.2, 0.25) is 5.91 Å². The molecule has 0 radical (unpaired) electrons. The Balaban J connectivity index is 1.59. The van der Waals surface area contributed by atoms with E-state index in [1.807, 2.05) is 30.3 Å². The third-order valence-corrected chi connectivity index (χ3v) is 5.12. The molecule has 4 rings (SSSR count). The molecule has 0 spiro atoms. The smallest absolute Gasteiger partial charge is 0.235 e. The molecule has 1 saturated heterocycles. The van der Waals surface area contributed by atoms with Crippen LogP contribution in [0.4, 0.5) is 5.69 Å². The Morgan fingerprint density at radius 1 is 1.12 bits per heavy atom. The number of para-hydroxylation sites is 1. The zero-order chi connectivity index (χ0) is 16.4. The number of fused-ring (bicyclic) bond motifs is 1. The predicted octanol–water partition coefficient (Wildman–Crippen LogP) is 3.50. The number of hydrogen-bond donors (Lipinski definition) is 1. The monoisotopic (exact) mass is 326 g/mol. The third-order valence-electron chi connectivity index (χ3n) is 5.12. The summed E-state index contributed by atoms with van der Waals surface area (Å²) in [5.41, 5.74) is 1.06. The minimum Gasteiger partial charge on any atom is -0.349 e. The minimum absolute atomic E-state index is 0.00817. The van der Waals surface area contributed by atoms with Crippen LogP contribution in [0.2, 0.25) is 0 Å². The number of aromatic nitrogens is 1. The SMILES string of the molecule is O=C(Nc1cnc2ccccc2c1)C1(C2OCCO2)CCCCC1. The van der Waals surface area contributed by atoms with Gasteiger partial charge in [0.05, 0.1) is 30.6 Å². The van der Waals surface area contributed by atoms with Crippen molar-refractivity contribution >= 4 is 22.5 Å². The largest absolute Gasteiger partial charge is 0.349 e. The zero-order valence-corrected chi connectivity index (χ0v) is 13.7. The fraction of sp³-hybridized carbons (Fsp3) is 0.474.